The molecular weight excluding hydrogens is 413 g/mol. The molecule has 1 atom stereocenters. The van der Waals surface area contributed by atoms with Gasteiger partial charge >= 0.3 is 0 Å². The van der Waals surface area contributed by atoms with Crippen molar-refractivity contribution in [3.63, 3.8) is 0 Å². The molecule has 7 heteroatoms. The van der Waals surface area contributed by atoms with Gasteiger partial charge in [0.05, 0.1) is 17.0 Å². The van der Waals surface area contributed by atoms with Gasteiger partial charge in [-0.2, -0.15) is 5.10 Å². The van der Waals surface area contributed by atoms with Crippen molar-refractivity contribution in [3.05, 3.63) is 65.2 Å². The highest BCUT2D eigenvalue weighted by atomic mass is 35.5. The monoisotopic (exact) mass is 435 g/mol. The molecule has 0 aliphatic carbocycles. The van der Waals surface area contributed by atoms with E-state index in [0.717, 1.165) is 34.3 Å². The molecule has 1 saturated heterocycles. The van der Waals surface area contributed by atoms with E-state index in [1.54, 1.807) is 0 Å². The van der Waals surface area contributed by atoms with Crippen LogP contribution in [0.4, 0.5) is 4.39 Å². The number of likely N-dealkylation sites (tertiary alicyclic amines) is 1. The summed E-state index contributed by atoms with van der Waals surface area (Å²) in [5.74, 6) is 0. The second kappa shape index (κ2) is 8.36. The first-order valence-electron chi connectivity index (χ1n) is 10.5. The van der Waals surface area contributed by atoms with Crippen LogP contribution in [0.2, 0.25) is 5.02 Å². The van der Waals surface area contributed by atoms with Crippen LogP contribution in [0.25, 0.3) is 33.5 Å². The number of aryl methyl sites for hydroxylation is 1. The highest BCUT2D eigenvalue weighted by Crippen LogP contribution is 2.37. The Hall–Kier alpha value is -2.83. The normalized spacial score (nSPS) is 16.9. The number of nitrogens with zero attached hydrogens (tertiary/aromatic N) is 5. The fourth-order valence-electron chi connectivity index (χ4n) is 4.17. The summed E-state index contributed by atoms with van der Waals surface area (Å²) in [6.45, 7) is 4.62. The van der Waals surface area contributed by atoms with Crippen LogP contribution < -0.4 is 0 Å². The fraction of sp³-hybridized carbons (Fsp3) is 0.292. The highest BCUT2D eigenvalue weighted by Gasteiger charge is 2.24. The second-order valence-corrected chi connectivity index (χ2v) is 8.43. The van der Waals surface area contributed by atoms with Crippen molar-refractivity contribution in [2.24, 2.45) is 0 Å². The Morgan fingerprint density at radius 2 is 1.81 bits per heavy atom. The van der Waals surface area contributed by atoms with Gasteiger partial charge in [0.15, 0.2) is 5.65 Å². The van der Waals surface area contributed by atoms with Crippen molar-refractivity contribution < 1.29 is 4.39 Å². The standard InChI is InChI=1S/C24H23ClFN5/c1-16-6-5-9-18(14-16)22-20-21(25)23(17-7-3-2-4-8-17)27-28-24(20)31(29-22)13-12-30-11-10-19(26)15-30/h2-9,14,19H,10-13,15H2,1H3/t19-/m1/s1. The molecule has 31 heavy (non-hydrogen) atoms. The molecule has 0 amide bonds. The van der Waals surface area contributed by atoms with Crippen LogP contribution in [0.5, 0.6) is 0 Å². The predicted molar refractivity (Wildman–Crippen MR) is 122 cm³/mol. The molecule has 1 aliphatic heterocycles. The van der Waals surface area contributed by atoms with Gasteiger partial charge in [0, 0.05) is 30.8 Å². The summed E-state index contributed by atoms with van der Waals surface area (Å²) in [5.41, 5.74) is 5.13. The van der Waals surface area contributed by atoms with Crippen LogP contribution >= 0.6 is 11.6 Å². The van der Waals surface area contributed by atoms with Crippen LogP contribution in [0.3, 0.4) is 0 Å². The van der Waals surface area contributed by atoms with Crippen LogP contribution in [0.15, 0.2) is 54.6 Å². The van der Waals surface area contributed by atoms with Crippen molar-refractivity contribution in [2.45, 2.75) is 26.1 Å². The van der Waals surface area contributed by atoms with Gasteiger partial charge in [-0.1, -0.05) is 65.7 Å². The lowest BCUT2D eigenvalue weighted by Crippen LogP contribution is -2.26. The van der Waals surface area contributed by atoms with Crippen LogP contribution in [0, 0.1) is 6.92 Å². The van der Waals surface area contributed by atoms with E-state index in [1.165, 1.54) is 0 Å². The Balaban J connectivity index is 1.62. The molecular formula is C24H23ClFN5. The van der Waals surface area contributed by atoms with Gasteiger partial charge in [-0.05, 0) is 19.4 Å². The van der Waals surface area contributed by atoms with Crippen LogP contribution in [-0.2, 0) is 6.54 Å². The van der Waals surface area contributed by atoms with E-state index < -0.39 is 6.17 Å². The average Bonchev–Trinajstić information content (AvgIpc) is 3.37. The Morgan fingerprint density at radius 1 is 1.00 bits per heavy atom. The van der Waals surface area contributed by atoms with Gasteiger partial charge in [-0.3, -0.25) is 4.90 Å². The first kappa shape index (κ1) is 20.1. The van der Waals surface area contributed by atoms with Gasteiger partial charge in [0.2, 0.25) is 0 Å². The number of rotatable bonds is 5. The summed E-state index contributed by atoms with van der Waals surface area (Å²) >= 11 is 6.91. The molecule has 4 aromatic rings. The number of hydrogen-bond donors (Lipinski definition) is 0. The Labute approximate surface area is 185 Å². The second-order valence-electron chi connectivity index (χ2n) is 8.06. The molecule has 3 heterocycles. The minimum absolute atomic E-state index is 0.481. The summed E-state index contributed by atoms with van der Waals surface area (Å²) in [6.07, 6.45) is -0.139. The summed E-state index contributed by atoms with van der Waals surface area (Å²) in [6, 6.07) is 18.0. The van der Waals surface area contributed by atoms with Gasteiger partial charge in [0.25, 0.3) is 0 Å². The number of benzene rings is 2. The number of halogens is 2. The molecule has 0 bridgehead atoms. The van der Waals surface area contributed by atoms with Gasteiger partial charge in [-0.15, -0.1) is 10.2 Å². The third-order valence-corrected chi connectivity index (χ3v) is 6.15. The van der Waals surface area contributed by atoms with Crippen LogP contribution in [0.1, 0.15) is 12.0 Å². The minimum Gasteiger partial charge on any atom is -0.299 e. The summed E-state index contributed by atoms with van der Waals surface area (Å²) in [5, 5.41) is 15.2. The first-order valence-corrected chi connectivity index (χ1v) is 10.9. The maximum absolute atomic E-state index is 13.6. The molecule has 5 rings (SSSR count). The van der Waals surface area contributed by atoms with Gasteiger partial charge < -0.3 is 0 Å². The summed E-state index contributed by atoms with van der Waals surface area (Å²) in [7, 11) is 0. The lowest BCUT2D eigenvalue weighted by atomic mass is 10.1. The zero-order chi connectivity index (χ0) is 21.4. The summed E-state index contributed by atoms with van der Waals surface area (Å²) in [4.78, 5) is 2.12. The lowest BCUT2D eigenvalue weighted by molar-refractivity contribution is 0.277. The van der Waals surface area contributed by atoms with Crippen molar-refractivity contribution in [1.29, 1.82) is 0 Å². The molecule has 0 spiro atoms. The van der Waals surface area contributed by atoms with E-state index in [-0.39, 0.29) is 0 Å². The highest BCUT2D eigenvalue weighted by molar-refractivity contribution is 6.38. The minimum atomic E-state index is -0.736. The predicted octanol–water partition coefficient (Wildman–Crippen LogP) is 5.17. The van der Waals surface area contributed by atoms with E-state index in [2.05, 4.69) is 34.2 Å². The zero-order valence-electron chi connectivity index (χ0n) is 17.3. The number of fused-ring (bicyclic) bond motifs is 1. The van der Waals surface area contributed by atoms with E-state index in [9.17, 15) is 4.39 Å². The van der Waals surface area contributed by atoms with E-state index in [4.69, 9.17) is 16.7 Å². The van der Waals surface area contributed by atoms with Crippen LogP contribution in [-0.4, -0.2) is 50.7 Å². The maximum Gasteiger partial charge on any atom is 0.182 e. The first-order chi connectivity index (χ1) is 15.1. The van der Waals surface area contributed by atoms with Crippen molar-refractivity contribution in [2.75, 3.05) is 19.6 Å². The molecule has 0 N–H and O–H groups in total. The Kier molecular flexibility index (Phi) is 5.42. The molecule has 1 fully saturated rings. The third-order valence-electron chi connectivity index (χ3n) is 5.78. The van der Waals surface area contributed by atoms with Crippen molar-refractivity contribution in [3.8, 4) is 22.5 Å². The van der Waals surface area contributed by atoms with E-state index in [0.29, 0.717) is 42.4 Å². The number of aromatic nitrogens is 4. The molecule has 1 aliphatic rings. The Morgan fingerprint density at radius 3 is 2.55 bits per heavy atom. The molecule has 0 unspecified atom stereocenters. The summed E-state index contributed by atoms with van der Waals surface area (Å²) < 4.78 is 15.4. The molecule has 158 valence electrons. The van der Waals surface area contributed by atoms with Gasteiger partial charge in [0.1, 0.15) is 17.6 Å². The average molecular weight is 436 g/mol. The molecule has 2 aromatic carbocycles. The molecule has 5 nitrogen and oxygen atoms in total. The topological polar surface area (TPSA) is 46.8 Å². The number of hydrogen-bond acceptors (Lipinski definition) is 4. The SMILES string of the molecule is Cc1cccc(-c2nn(CCN3CC[C@@H](F)C3)c3nnc(-c4ccccc4)c(Cl)c23)c1. The fourth-order valence-corrected chi connectivity index (χ4v) is 4.49. The molecule has 0 saturated carbocycles. The van der Waals surface area contributed by atoms with E-state index >= 15 is 0 Å². The lowest BCUT2D eigenvalue weighted by Gasteiger charge is -2.14. The van der Waals surface area contributed by atoms with Gasteiger partial charge in [-0.25, -0.2) is 9.07 Å². The largest absolute Gasteiger partial charge is 0.299 e. The quantitative estimate of drug-likeness (QED) is 0.434. The van der Waals surface area contributed by atoms with Crippen molar-refractivity contribution >= 4 is 22.6 Å². The third kappa shape index (κ3) is 3.93. The smallest absolute Gasteiger partial charge is 0.182 e. The number of alkyl halides is 1. The molecule has 2 aromatic heterocycles. The van der Waals surface area contributed by atoms with Crippen molar-refractivity contribution in [1.82, 2.24) is 24.9 Å². The zero-order valence-corrected chi connectivity index (χ0v) is 18.1. The molecule has 0 radical (unpaired) electrons. The van der Waals surface area contributed by atoms with E-state index in [1.807, 2.05) is 47.1 Å². The Bertz CT molecular complexity index is 1220. The maximum atomic E-state index is 13.6.